The molecule has 0 aliphatic heterocycles. The van der Waals surface area contributed by atoms with Crippen molar-refractivity contribution < 1.29 is 72.7 Å². The maximum absolute atomic E-state index is 9.00. The first-order valence-electron chi connectivity index (χ1n) is 0.594. The molecule has 0 aromatic rings. The summed E-state index contributed by atoms with van der Waals surface area (Å²) in [7, 11) is 0. The van der Waals surface area contributed by atoms with Gasteiger partial charge < -0.3 is 0 Å². The van der Waals surface area contributed by atoms with Crippen LogP contribution in [0, 0.1) is 36.6 Å². The molecule has 0 aliphatic rings. The minimum Gasteiger partial charge on any atom is 0 e. The summed E-state index contributed by atoms with van der Waals surface area (Å²) < 4.78 is -0.833. The molecule has 0 rings (SSSR count). The van der Waals surface area contributed by atoms with Gasteiger partial charge in [-0.05, 0) is 0 Å². The van der Waals surface area contributed by atoms with Gasteiger partial charge in [-0.1, -0.05) is 0 Å². The van der Waals surface area contributed by atoms with Crippen molar-refractivity contribution in [1.29, 1.82) is 0 Å². The number of hydrogen-bond acceptors (Lipinski definition) is 1. The van der Waals surface area contributed by atoms with Gasteiger partial charge in [0.25, 0.3) is 0 Å². The van der Waals surface area contributed by atoms with E-state index in [4.69, 9.17) is 9.90 Å². The predicted octanol–water partition coefficient (Wildman–Crippen LogP) is 0.211. The Morgan fingerprint density at radius 2 is 1.80 bits per heavy atom. The third-order valence-corrected chi connectivity index (χ3v) is 0. The van der Waals surface area contributed by atoms with E-state index in [1.807, 2.05) is 0 Å². The van der Waals surface area contributed by atoms with Gasteiger partial charge in [0, 0.05) is 26.2 Å². The third kappa shape index (κ3) is 27.8. The standard InChI is InChI=1S/CHO2.Tb.Zr/c2-1-3;;/h(H,2,3);;. The molecule has 0 radical (unpaired) electrons. The van der Waals surface area contributed by atoms with Crippen molar-refractivity contribution in [3.8, 4) is 0 Å². The van der Waals surface area contributed by atoms with Gasteiger partial charge in [0.15, 0.2) is 0 Å². The molecule has 0 heterocycles. The van der Waals surface area contributed by atoms with Crippen molar-refractivity contribution in [1.82, 2.24) is 0 Å². The molecule has 0 fully saturated rings. The fourth-order valence-corrected chi connectivity index (χ4v) is 0. The smallest absolute Gasteiger partial charge is 0 e. The minimum atomic E-state index is -0.833. The fourth-order valence-electron chi connectivity index (χ4n) is 0. The number of hydrogen-bond donors (Lipinski definition) is 1. The van der Waals surface area contributed by atoms with Crippen molar-refractivity contribution in [2.24, 2.45) is 0 Å². The van der Waals surface area contributed by atoms with E-state index in [0.717, 1.165) is 36.6 Å². The molecule has 0 aromatic heterocycles. The summed E-state index contributed by atoms with van der Waals surface area (Å²) in [6.07, 6.45) is 0. The molecule has 0 aromatic carbocycles. The van der Waals surface area contributed by atoms with E-state index >= 15 is 0 Å². The van der Waals surface area contributed by atoms with Crippen molar-refractivity contribution in [2.45, 2.75) is 0 Å². The Balaban J connectivity index is 0. The van der Waals surface area contributed by atoms with Crippen LogP contribution < -0.4 is 0 Å². The first kappa shape index (κ1) is 9.81. The number of carboxylic acid groups (broad SMARTS) is 1. The summed E-state index contributed by atoms with van der Waals surface area (Å²) in [5.74, 6) is 0. The van der Waals surface area contributed by atoms with E-state index in [9.17, 15) is 0 Å². The number of rotatable bonds is 0. The average molecular weight is 295 g/mol. The van der Waals surface area contributed by atoms with E-state index in [2.05, 4.69) is 0 Å². The molecule has 0 amide bonds. The average Bonchev–Trinajstić information content (AvgIpc) is 0.811. The molecule has 0 aliphatic carbocycles. The molecule has 0 atom stereocenters. The maximum atomic E-state index is 9.00. The molecule has 0 unspecified atom stereocenters. The molecule has 1 N–H and O–H groups in total. The van der Waals surface area contributed by atoms with Crippen LogP contribution in [-0.4, -0.2) is 7.05 Å². The molecule has 0 saturated carbocycles. The van der Waals surface area contributed by atoms with E-state index in [1.165, 1.54) is 0 Å². The summed E-state index contributed by atoms with van der Waals surface area (Å²) in [6.45, 7) is 0. The van der Waals surface area contributed by atoms with Gasteiger partial charge in [-0.15, -0.1) is 0 Å². The Bertz CT molecular complexity index is 32.6. The van der Waals surface area contributed by atoms with Crippen LogP contribution in [0.3, 0.4) is 0 Å². The van der Waals surface area contributed by atoms with Gasteiger partial charge in [0.1, 0.15) is 0 Å². The second kappa shape index (κ2) is 5.64. The van der Waals surface area contributed by atoms with Crippen LogP contribution in [0.4, 0.5) is 4.79 Å². The zero-order valence-corrected chi connectivity index (χ0v) is 6.79. The Morgan fingerprint density at radius 3 is 1.80 bits per heavy atom. The maximum Gasteiger partial charge on any atom is 0 e. The zero-order valence-electron chi connectivity index (χ0n) is 2.19. The van der Waals surface area contributed by atoms with Gasteiger partial charge in [0.05, 0.1) is 0 Å². The van der Waals surface area contributed by atoms with Gasteiger partial charge in [0.2, 0.25) is 0 Å². The Hall–Kier alpha value is 1.64. The second-order valence-corrected chi connectivity index (χ2v) is 1.15. The molecular formula is CHO2TbZr. The molecule has 0 spiro atoms. The normalized spacial score (nSPS) is 5.20. The first-order valence-corrected chi connectivity index (χ1v) is 1.66. The largest absolute Gasteiger partial charge is 0 e. The summed E-state index contributed by atoms with van der Waals surface area (Å²) in [4.78, 5) is 9.00. The van der Waals surface area contributed by atoms with Crippen LogP contribution in [0.25, 0.3) is 0 Å². The molecule has 0 saturated heterocycles. The van der Waals surface area contributed by atoms with Gasteiger partial charge in [-0.25, -0.2) is 0 Å². The van der Waals surface area contributed by atoms with Crippen LogP contribution >= 0.6 is 0 Å². The minimum absolute atomic E-state index is 0. The van der Waals surface area contributed by atoms with Crippen molar-refractivity contribution in [2.75, 3.05) is 0 Å². The fraction of sp³-hybridized carbons (Fsp3) is 0. The topological polar surface area (TPSA) is 37.3 Å². The Kier molecular flexibility index (Phi) is 11.1. The summed E-state index contributed by atoms with van der Waals surface area (Å²) >= 11 is 1.08. The van der Waals surface area contributed by atoms with Crippen molar-refractivity contribution in [3.63, 3.8) is 0 Å². The molecule has 2 nitrogen and oxygen atoms in total. The van der Waals surface area contributed by atoms with Crippen molar-refractivity contribution >= 4 is 1.94 Å². The van der Waals surface area contributed by atoms with Crippen LogP contribution in [0.1, 0.15) is 0 Å². The quantitative estimate of drug-likeness (QED) is 0.694. The van der Waals surface area contributed by atoms with Crippen LogP contribution in [-0.2, 0) is 26.2 Å². The second-order valence-electron chi connectivity index (χ2n) is 0.234. The number of carbonyl (C=O) groups is 1. The van der Waals surface area contributed by atoms with Gasteiger partial charge in [-0.2, -0.15) is 0 Å². The summed E-state index contributed by atoms with van der Waals surface area (Å²) in [6, 6.07) is 0. The molecular weight excluding hydrogens is 294 g/mol. The Morgan fingerprint density at radius 1 is 1.80 bits per heavy atom. The molecule has 0 bridgehead atoms. The predicted molar refractivity (Wildman–Crippen MR) is 8.02 cm³/mol. The monoisotopic (exact) mass is 294 g/mol. The van der Waals surface area contributed by atoms with Gasteiger partial charge >= 0.3 is 48.5 Å². The van der Waals surface area contributed by atoms with E-state index in [1.54, 1.807) is 0 Å². The van der Waals surface area contributed by atoms with Crippen LogP contribution in [0.15, 0.2) is 0 Å². The van der Waals surface area contributed by atoms with E-state index in [-0.39, 0.29) is 26.2 Å². The summed E-state index contributed by atoms with van der Waals surface area (Å²) in [5, 5.41) is 7.42. The van der Waals surface area contributed by atoms with E-state index < -0.39 is 1.94 Å². The molecule has 5 heavy (non-hydrogen) atoms. The SMILES string of the molecule is O=[C](O)[Tb].[Zr]. The van der Waals surface area contributed by atoms with Crippen LogP contribution in [0.5, 0.6) is 0 Å². The van der Waals surface area contributed by atoms with Crippen LogP contribution in [0.2, 0.25) is 0 Å². The van der Waals surface area contributed by atoms with E-state index in [0.29, 0.717) is 0 Å². The zero-order chi connectivity index (χ0) is 3.58. The molecule has 30 valence electrons. The summed E-state index contributed by atoms with van der Waals surface area (Å²) in [5.41, 5.74) is 0. The van der Waals surface area contributed by atoms with Crippen molar-refractivity contribution in [3.05, 3.63) is 0 Å². The van der Waals surface area contributed by atoms with Gasteiger partial charge in [-0.3, -0.25) is 0 Å². The third-order valence-electron chi connectivity index (χ3n) is 0. The molecule has 4 heteroatoms. The Labute approximate surface area is 73.4 Å². The first-order chi connectivity index (χ1) is 1.73.